The van der Waals surface area contributed by atoms with E-state index in [2.05, 4.69) is 5.32 Å². The number of rotatable bonds is 5. The van der Waals surface area contributed by atoms with Gasteiger partial charge in [-0.1, -0.05) is 6.92 Å². The SMILES string of the molecule is CC[C@H](NC(=O)OC(C)(C)C)C(=O)N1CCC(Oc2ccc(F)cc2)CC1. The van der Waals surface area contributed by atoms with Gasteiger partial charge in [0.15, 0.2) is 0 Å². The van der Waals surface area contributed by atoms with Gasteiger partial charge in [0.2, 0.25) is 5.91 Å². The molecule has 27 heavy (non-hydrogen) atoms. The first-order valence-corrected chi connectivity index (χ1v) is 9.38. The summed E-state index contributed by atoms with van der Waals surface area (Å²) in [4.78, 5) is 26.4. The summed E-state index contributed by atoms with van der Waals surface area (Å²) in [6, 6.07) is 5.33. The van der Waals surface area contributed by atoms with Gasteiger partial charge in [-0.25, -0.2) is 9.18 Å². The number of amides is 2. The molecule has 6 nitrogen and oxygen atoms in total. The van der Waals surface area contributed by atoms with Crippen molar-refractivity contribution in [2.24, 2.45) is 0 Å². The Labute approximate surface area is 160 Å². The van der Waals surface area contributed by atoms with E-state index in [0.717, 1.165) is 0 Å². The second-order valence-electron chi connectivity index (χ2n) is 7.70. The lowest BCUT2D eigenvalue weighted by molar-refractivity contribution is -0.135. The lowest BCUT2D eigenvalue weighted by atomic mass is 10.1. The molecule has 0 spiro atoms. The minimum Gasteiger partial charge on any atom is -0.490 e. The van der Waals surface area contributed by atoms with Crippen molar-refractivity contribution in [2.45, 2.75) is 64.7 Å². The number of hydrogen-bond acceptors (Lipinski definition) is 4. The van der Waals surface area contributed by atoms with Crippen LogP contribution in [0.1, 0.15) is 47.0 Å². The van der Waals surface area contributed by atoms with Crippen molar-refractivity contribution in [3.05, 3.63) is 30.1 Å². The predicted molar refractivity (Wildman–Crippen MR) is 100 cm³/mol. The molecular formula is C20H29FN2O4. The highest BCUT2D eigenvalue weighted by atomic mass is 19.1. The summed E-state index contributed by atoms with van der Waals surface area (Å²) in [5, 5.41) is 2.66. The Kier molecular flexibility index (Phi) is 7.05. The Morgan fingerprint density at radius 2 is 1.81 bits per heavy atom. The van der Waals surface area contributed by atoms with Crippen molar-refractivity contribution in [2.75, 3.05) is 13.1 Å². The van der Waals surface area contributed by atoms with E-state index in [0.29, 0.717) is 38.1 Å². The molecule has 2 amide bonds. The van der Waals surface area contributed by atoms with Gasteiger partial charge in [-0.15, -0.1) is 0 Å². The van der Waals surface area contributed by atoms with E-state index in [-0.39, 0.29) is 17.8 Å². The van der Waals surface area contributed by atoms with Crippen molar-refractivity contribution < 1.29 is 23.5 Å². The minimum atomic E-state index is -0.610. The molecule has 2 rings (SSSR count). The number of benzene rings is 1. The van der Waals surface area contributed by atoms with Gasteiger partial charge in [0.1, 0.15) is 29.3 Å². The molecule has 150 valence electrons. The highest BCUT2D eigenvalue weighted by molar-refractivity contribution is 5.85. The van der Waals surface area contributed by atoms with Crippen LogP contribution in [-0.2, 0) is 9.53 Å². The van der Waals surface area contributed by atoms with Gasteiger partial charge in [-0.3, -0.25) is 4.79 Å². The Morgan fingerprint density at radius 1 is 1.22 bits per heavy atom. The third kappa shape index (κ3) is 6.73. The first-order valence-electron chi connectivity index (χ1n) is 9.38. The van der Waals surface area contributed by atoms with Crippen LogP contribution >= 0.6 is 0 Å². The zero-order chi connectivity index (χ0) is 20.0. The molecule has 1 aromatic rings. The van der Waals surface area contributed by atoms with Crippen LogP contribution in [0.25, 0.3) is 0 Å². The molecule has 1 aliphatic heterocycles. The summed E-state index contributed by atoms with van der Waals surface area (Å²) in [6.45, 7) is 8.29. The number of nitrogens with one attached hydrogen (secondary N) is 1. The molecule has 0 radical (unpaired) electrons. The Morgan fingerprint density at radius 3 is 2.33 bits per heavy atom. The summed E-state index contributed by atoms with van der Waals surface area (Å²) in [5.41, 5.74) is -0.610. The molecule has 7 heteroatoms. The molecule has 1 N–H and O–H groups in total. The van der Waals surface area contributed by atoms with E-state index < -0.39 is 17.7 Å². The van der Waals surface area contributed by atoms with Crippen LogP contribution in [0, 0.1) is 5.82 Å². The van der Waals surface area contributed by atoms with Crippen LogP contribution in [0.5, 0.6) is 5.75 Å². The van der Waals surface area contributed by atoms with Crippen molar-refractivity contribution >= 4 is 12.0 Å². The molecule has 1 atom stereocenters. The van der Waals surface area contributed by atoms with Crippen molar-refractivity contribution in [3.8, 4) is 5.75 Å². The van der Waals surface area contributed by atoms with Crippen molar-refractivity contribution in [3.63, 3.8) is 0 Å². The average molecular weight is 380 g/mol. The number of carbonyl (C=O) groups excluding carboxylic acids is 2. The van der Waals surface area contributed by atoms with Gasteiger partial charge in [-0.2, -0.15) is 0 Å². The molecule has 1 heterocycles. The van der Waals surface area contributed by atoms with E-state index in [1.54, 1.807) is 37.8 Å². The third-order valence-electron chi connectivity index (χ3n) is 4.27. The first kappa shape index (κ1) is 21.0. The van der Waals surface area contributed by atoms with Gasteiger partial charge in [0.05, 0.1) is 0 Å². The van der Waals surface area contributed by atoms with E-state index in [9.17, 15) is 14.0 Å². The van der Waals surface area contributed by atoms with Crippen LogP contribution < -0.4 is 10.1 Å². The quantitative estimate of drug-likeness (QED) is 0.849. The Hall–Kier alpha value is -2.31. The van der Waals surface area contributed by atoms with Crippen LogP contribution in [0.15, 0.2) is 24.3 Å². The minimum absolute atomic E-state index is 0.0154. The summed E-state index contributed by atoms with van der Waals surface area (Å²) in [5.74, 6) is 0.216. The number of halogens is 1. The topological polar surface area (TPSA) is 67.9 Å². The number of piperidine rings is 1. The maximum Gasteiger partial charge on any atom is 0.408 e. The number of ether oxygens (including phenoxy) is 2. The van der Waals surface area contributed by atoms with Gasteiger partial charge < -0.3 is 19.7 Å². The monoisotopic (exact) mass is 380 g/mol. The number of hydrogen-bond donors (Lipinski definition) is 1. The average Bonchev–Trinajstić information content (AvgIpc) is 2.60. The maximum absolute atomic E-state index is 13.0. The Balaban J connectivity index is 1.83. The van der Waals surface area contributed by atoms with Crippen LogP contribution in [0.4, 0.5) is 9.18 Å². The molecule has 1 fully saturated rings. The molecule has 0 unspecified atom stereocenters. The van der Waals surface area contributed by atoms with Gasteiger partial charge in [0.25, 0.3) is 0 Å². The molecule has 0 saturated carbocycles. The fourth-order valence-corrected chi connectivity index (χ4v) is 2.91. The number of nitrogens with zero attached hydrogens (tertiary/aromatic N) is 1. The summed E-state index contributed by atoms with van der Waals surface area (Å²) >= 11 is 0. The second kappa shape index (κ2) is 9.06. The highest BCUT2D eigenvalue weighted by Crippen LogP contribution is 2.20. The number of likely N-dealkylation sites (tertiary alicyclic amines) is 1. The standard InChI is InChI=1S/C20H29FN2O4/c1-5-17(22-19(25)27-20(2,3)4)18(24)23-12-10-16(11-13-23)26-15-8-6-14(21)7-9-15/h6-9,16-17H,5,10-13H2,1-4H3,(H,22,25)/t17-/m0/s1. The molecule has 1 aromatic carbocycles. The molecule has 0 bridgehead atoms. The fourth-order valence-electron chi connectivity index (χ4n) is 2.91. The van der Waals surface area contributed by atoms with E-state index >= 15 is 0 Å². The second-order valence-corrected chi connectivity index (χ2v) is 7.70. The zero-order valence-corrected chi connectivity index (χ0v) is 16.5. The van der Waals surface area contributed by atoms with Gasteiger partial charge in [0, 0.05) is 25.9 Å². The lowest BCUT2D eigenvalue weighted by Crippen LogP contribution is -2.52. The van der Waals surface area contributed by atoms with E-state index in [4.69, 9.17) is 9.47 Å². The fraction of sp³-hybridized carbons (Fsp3) is 0.600. The Bertz CT molecular complexity index is 634. The molecule has 0 aliphatic carbocycles. The predicted octanol–water partition coefficient (Wildman–Crippen LogP) is 3.50. The number of carbonyl (C=O) groups is 2. The summed E-state index contributed by atoms with van der Waals surface area (Å²) < 4.78 is 24.0. The van der Waals surface area contributed by atoms with Crippen LogP contribution in [0.3, 0.4) is 0 Å². The van der Waals surface area contributed by atoms with E-state index in [1.165, 1.54) is 12.1 Å². The van der Waals surface area contributed by atoms with Gasteiger partial charge in [-0.05, 0) is 51.5 Å². The first-order chi connectivity index (χ1) is 12.7. The summed E-state index contributed by atoms with van der Waals surface area (Å²) in [7, 11) is 0. The third-order valence-corrected chi connectivity index (χ3v) is 4.27. The van der Waals surface area contributed by atoms with Crippen LogP contribution in [-0.4, -0.2) is 47.7 Å². The molecular weight excluding hydrogens is 351 g/mol. The highest BCUT2D eigenvalue weighted by Gasteiger charge is 2.30. The largest absolute Gasteiger partial charge is 0.490 e. The molecule has 0 aromatic heterocycles. The van der Waals surface area contributed by atoms with Crippen molar-refractivity contribution in [1.82, 2.24) is 10.2 Å². The van der Waals surface area contributed by atoms with Gasteiger partial charge >= 0.3 is 6.09 Å². The number of alkyl carbamates (subject to hydrolysis) is 1. The van der Waals surface area contributed by atoms with Crippen molar-refractivity contribution in [1.29, 1.82) is 0 Å². The lowest BCUT2D eigenvalue weighted by Gasteiger charge is -2.34. The molecule has 1 saturated heterocycles. The van der Waals surface area contributed by atoms with E-state index in [1.807, 2.05) is 6.92 Å². The normalized spacial score (nSPS) is 16.6. The maximum atomic E-state index is 13.0. The zero-order valence-electron chi connectivity index (χ0n) is 16.5. The van der Waals surface area contributed by atoms with Crippen LogP contribution in [0.2, 0.25) is 0 Å². The summed E-state index contributed by atoms with van der Waals surface area (Å²) in [6.07, 6.45) is 1.26. The smallest absolute Gasteiger partial charge is 0.408 e. The molecule has 1 aliphatic rings.